The number of rotatable bonds is 10. The number of hydrogen-bond acceptors (Lipinski definition) is 6. The van der Waals surface area contributed by atoms with E-state index in [1.807, 2.05) is 6.07 Å². The second-order valence-electron chi connectivity index (χ2n) is 5.53. The monoisotopic (exact) mass is 347 g/mol. The van der Waals surface area contributed by atoms with Crippen LogP contribution in [0.25, 0.3) is 0 Å². The highest BCUT2D eigenvalue weighted by Crippen LogP contribution is 2.24. The molecular weight excluding hydrogens is 326 g/mol. The fraction of sp³-hybridized carbons (Fsp3) is 0.389. The summed E-state index contributed by atoms with van der Waals surface area (Å²) in [5, 5.41) is 2.29. The molecule has 0 aliphatic carbocycles. The van der Waals surface area contributed by atoms with Gasteiger partial charge in [0.25, 0.3) is 0 Å². The average molecular weight is 347 g/mol. The van der Waals surface area contributed by atoms with E-state index in [4.69, 9.17) is 4.74 Å². The Bertz CT molecular complexity index is 642. The van der Waals surface area contributed by atoms with Gasteiger partial charge in [0, 0.05) is 12.8 Å². The Morgan fingerprint density at radius 3 is 2.36 bits per heavy atom. The second kappa shape index (κ2) is 9.46. The maximum absolute atomic E-state index is 12.5. The van der Waals surface area contributed by atoms with Crippen molar-refractivity contribution in [3.05, 3.63) is 35.9 Å². The van der Waals surface area contributed by atoms with Crippen molar-refractivity contribution in [1.82, 2.24) is 5.32 Å². The van der Waals surface area contributed by atoms with Crippen molar-refractivity contribution in [3.8, 4) is 0 Å². The van der Waals surface area contributed by atoms with Crippen LogP contribution in [0.4, 0.5) is 4.79 Å². The Balaban J connectivity index is 2.75. The number of benzene rings is 1. The molecule has 0 aromatic heterocycles. The molecule has 0 radical (unpaired) electrons. The summed E-state index contributed by atoms with van der Waals surface area (Å²) in [6.07, 6.45) is -0.959. The first-order valence-electron chi connectivity index (χ1n) is 7.86. The van der Waals surface area contributed by atoms with Gasteiger partial charge in [0.15, 0.2) is 17.0 Å². The van der Waals surface area contributed by atoms with E-state index in [9.17, 15) is 24.0 Å². The zero-order valence-corrected chi connectivity index (χ0v) is 14.2. The fourth-order valence-corrected chi connectivity index (χ4v) is 2.36. The molecule has 2 atom stereocenters. The van der Waals surface area contributed by atoms with Gasteiger partial charge in [-0.2, -0.15) is 0 Å². The number of nitrogens with one attached hydrogen (secondary N) is 1. The molecule has 0 aliphatic heterocycles. The molecule has 0 heterocycles. The van der Waals surface area contributed by atoms with Crippen molar-refractivity contribution in [1.29, 1.82) is 0 Å². The molecule has 25 heavy (non-hydrogen) atoms. The minimum Gasteiger partial charge on any atom is -0.445 e. The molecule has 1 amide bonds. The van der Waals surface area contributed by atoms with Crippen molar-refractivity contribution in [3.63, 3.8) is 0 Å². The van der Waals surface area contributed by atoms with E-state index in [2.05, 4.69) is 5.32 Å². The molecule has 0 spiro atoms. The zero-order valence-electron chi connectivity index (χ0n) is 14.2. The van der Waals surface area contributed by atoms with E-state index >= 15 is 0 Å². The molecule has 134 valence electrons. The number of ether oxygens (including phenoxy) is 1. The van der Waals surface area contributed by atoms with Crippen LogP contribution in [0.1, 0.15) is 32.3 Å². The summed E-state index contributed by atoms with van der Waals surface area (Å²) in [5.74, 6) is -1.50. The van der Waals surface area contributed by atoms with Crippen LogP contribution in [0.3, 0.4) is 0 Å². The smallest absolute Gasteiger partial charge is 0.408 e. The van der Waals surface area contributed by atoms with Crippen molar-refractivity contribution in [2.45, 2.75) is 39.3 Å². The van der Waals surface area contributed by atoms with Gasteiger partial charge >= 0.3 is 6.09 Å². The summed E-state index contributed by atoms with van der Waals surface area (Å²) in [4.78, 5) is 58.6. The predicted octanol–water partition coefficient (Wildman–Crippen LogP) is 1.62. The van der Waals surface area contributed by atoms with Crippen LogP contribution in [0.2, 0.25) is 0 Å². The highest BCUT2D eigenvalue weighted by Gasteiger charge is 2.46. The standard InChI is InChI=1S/C18H21NO6/c1-3-15(22)18(12-21,9-10-20)16(23)13(2)19-17(24)25-11-14-7-5-4-6-8-14/h4-8,10,12-13H,3,9,11H2,1-2H3,(H,19,24)/t13-,18?/m0/s1. The molecule has 0 aliphatic rings. The van der Waals surface area contributed by atoms with Crippen LogP contribution in [0, 0.1) is 5.41 Å². The third-order valence-electron chi connectivity index (χ3n) is 3.81. The highest BCUT2D eigenvalue weighted by molar-refractivity contribution is 6.21. The fourth-order valence-electron chi connectivity index (χ4n) is 2.36. The van der Waals surface area contributed by atoms with Crippen LogP contribution >= 0.6 is 0 Å². The Labute approximate surface area is 145 Å². The summed E-state index contributed by atoms with van der Waals surface area (Å²) < 4.78 is 5.00. The van der Waals surface area contributed by atoms with Gasteiger partial charge in [0.05, 0.1) is 6.04 Å². The third kappa shape index (κ3) is 5.07. The lowest BCUT2D eigenvalue weighted by atomic mass is 9.75. The van der Waals surface area contributed by atoms with Crippen molar-refractivity contribution >= 4 is 30.2 Å². The molecule has 1 rings (SSSR count). The largest absolute Gasteiger partial charge is 0.445 e. The number of Topliss-reactive ketones (excluding diaryl/α,β-unsaturated/α-hetero) is 2. The maximum Gasteiger partial charge on any atom is 0.408 e. The van der Waals surface area contributed by atoms with E-state index in [1.165, 1.54) is 13.8 Å². The molecule has 0 saturated carbocycles. The third-order valence-corrected chi connectivity index (χ3v) is 3.81. The number of carbonyl (C=O) groups excluding carboxylic acids is 5. The number of aldehydes is 2. The van der Waals surface area contributed by atoms with Crippen LogP contribution in [0.5, 0.6) is 0 Å². The molecule has 0 bridgehead atoms. The Morgan fingerprint density at radius 1 is 1.20 bits per heavy atom. The molecule has 1 aromatic carbocycles. The minimum atomic E-state index is -2.07. The van der Waals surface area contributed by atoms with Gasteiger partial charge in [0.2, 0.25) is 0 Å². The van der Waals surface area contributed by atoms with Crippen LogP contribution in [-0.2, 0) is 30.5 Å². The number of ketones is 2. The lowest BCUT2D eigenvalue weighted by Crippen LogP contribution is -2.51. The first-order valence-corrected chi connectivity index (χ1v) is 7.86. The van der Waals surface area contributed by atoms with Gasteiger partial charge in [-0.1, -0.05) is 37.3 Å². The lowest BCUT2D eigenvalue weighted by Gasteiger charge is -2.26. The zero-order chi connectivity index (χ0) is 18.9. The first-order chi connectivity index (χ1) is 11.9. The second-order valence-corrected chi connectivity index (χ2v) is 5.53. The number of hydrogen-bond donors (Lipinski definition) is 1. The van der Waals surface area contributed by atoms with Gasteiger partial charge in [-0.15, -0.1) is 0 Å². The van der Waals surface area contributed by atoms with Gasteiger partial charge < -0.3 is 19.6 Å². The molecule has 0 fully saturated rings. The number of alkyl carbamates (subject to hydrolysis) is 1. The van der Waals surface area contributed by atoms with E-state index < -0.39 is 35.5 Å². The van der Waals surface area contributed by atoms with Crippen LogP contribution in [-0.4, -0.2) is 36.3 Å². The summed E-state index contributed by atoms with van der Waals surface area (Å²) in [5.41, 5.74) is -1.30. The van der Waals surface area contributed by atoms with Crippen molar-refractivity contribution < 1.29 is 28.7 Å². The number of amides is 1. The SMILES string of the molecule is CCC(=O)C(C=O)(CC=O)C(=O)[C@H](C)NC(=O)OCc1ccccc1. The highest BCUT2D eigenvalue weighted by atomic mass is 16.5. The molecular formula is C18H21NO6. The Morgan fingerprint density at radius 2 is 1.84 bits per heavy atom. The Kier molecular flexibility index (Phi) is 7.65. The molecule has 1 aromatic rings. The quantitative estimate of drug-likeness (QED) is 0.509. The summed E-state index contributed by atoms with van der Waals surface area (Å²) >= 11 is 0. The maximum atomic E-state index is 12.5. The van der Waals surface area contributed by atoms with E-state index in [-0.39, 0.29) is 19.3 Å². The molecule has 1 unspecified atom stereocenters. The van der Waals surface area contributed by atoms with E-state index in [1.54, 1.807) is 24.3 Å². The molecule has 7 nitrogen and oxygen atoms in total. The normalized spacial score (nSPS) is 13.8. The van der Waals surface area contributed by atoms with Crippen molar-refractivity contribution in [2.24, 2.45) is 5.41 Å². The summed E-state index contributed by atoms with van der Waals surface area (Å²) in [6, 6.07) is 7.77. The van der Waals surface area contributed by atoms with Crippen molar-refractivity contribution in [2.75, 3.05) is 0 Å². The number of carbonyl (C=O) groups is 5. The van der Waals surface area contributed by atoms with Gasteiger partial charge in [-0.05, 0) is 12.5 Å². The summed E-state index contributed by atoms with van der Waals surface area (Å²) in [7, 11) is 0. The summed E-state index contributed by atoms with van der Waals surface area (Å²) in [6.45, 7) is 2.83. The minimum absolute atomic E-state index is 0.00857. The molecule has 7 heteroatoms. The van der Waals surface area contributed by atoms with Crippen LogP contribution < -0.4 is 5.32 Å². The van der Waals surface area contributed by atoms with E-state index in [0.717, 1.165) is 5.56 Å². The average Bonchev–Trinajstić information content (AvgIpc) is 2.64. The molecule has 0 saturated heterocycles. The Hall–Kier alpha value is -2.83. The van der Waals surface area contributed by atoms with Gasteiger partial charge in [-0.3, -0.25) is 9.59 Å². The lowest BCUT2D eigenvalue weighted by molar-refractivity contribution is -0.147. The topological polar surface area (TPSA) is 107 Å². The first kappa shape index (κ1) is 20.2. The van der Waals surface area contributed by atoms with Gasteiger partial charge in [-0.25, -0.2) is 4.79 Å². The molecule has 1 N–H and O–H groups in total. The van der Waals surface area contributed by atoms with E-state index in [0.29, 0.717) is 6.29 Å². The van der Waals surface area contributed by atoms with Gasteiger partial charge in [0.1, 0.15) is 19.2 Å². The van der Waals surface area contributed by atoms with Crippen LogP contribution in [0.15, 0.2) is 30.3 Å². The predicted molar refractivity (Wildman–Crippen MR) is 88.7 cm³/mol.